The lowest BCUT2D eigenvalue weighted by molar-refractivity contribution is -0.122. The van der Waals surface area contributed by atoms with Gasteiger partial charge in [-0.15, -0.1) is 0 Å². The largest absolute Gasteiger partial charge is 0.359 e. The van der Waals surface area contributed by atoms with E-state index in [0.717, 1.165) is 31.6 Å². The maximum atomic E-state index is 15.0. The number of sulfone groups is 1. The first kappa shape index (κ1) is 29.5. The van der Waals surface area contributed by atoms with Gasteiger partial charge in [-0.1, -0.05) is 25.1 Å². The fraction of sp³-hybridized carbons (Fsp3) is 0.345. The standard InChI is InChI=1S/C29H33F2N7O3S/c1-5-23(38-14-16(2)34-17(3)15-38)28(39)35-22-10-6-8-18-19(12-32-27(18)22)26-20(30)13-33-29(37-26)36-21-9-7-11-24(25(21)31)42(4,40)41/h6-13,16-17,23,32,34H,5,14-15H2,1-4H3,(H,35,39)(H,33,36,37)/t16-,17-,23-/m1/s1. The molecule has 0 radical (unpaired) electrons. The third kappa shape index (κ3) is 5.98. The third-order valence-corrected chi connectivity index (χ3v) is 8.41. The first-order valence-corrected chi connectivity index (χ1v) is 15.5. The molecule has 1 saturated heterocycles. The molecule has 0 aliphatic carbocycles. The molecule has 0 bridgehead atoms. The van der Waals surface area contributed by atoms with Gasteiger partial charge in [-0.05, 0) is 38.5 Å². The van der Waals surface area contributed by atoms with Gasteiger partial charge < -0.3 is 20.9 Å². The zero-order chi connectivity index (χ0) is 30.2. The Morgan fingerprint density at radius 3 is 2.50 bits per heavy atom. The number of benzene rings is 2. The summed E-state index contributed by atoms with van der Waals surface area (Å²) in [6.45, 7) is 7.72. The minimum atomic E-state index is -3.81. The molecule has 5 rings (SSSR count). The van der Waals surface area contributed by atoms with Crippen LogP contribution >= 0.6 is 0 Å². The lowest BCUT2D eigenvalue weighted by atomic mass is 10.1. The van der Waals surface area contributed by atoms with Crippen LogP contribution in [0.15, 0.2) is 53.7 Å². The van der Waals surface area contributed by atoms with Gasteiger partial charge in [-0.2, -0.15) is 0 Å². The van der Waals surface area contributed by atoms with E-state index in [4.69, 9.17) is 0 Å². The van der Waals surface area contributed by atoms with Crippen LogP contribution in [0.4, 0.5) is 26.1 Å². The van der Waals surface area contributed by atoms with Crippen LogP contribution in [-0.4, -0.2) is 71.6 Å². The summed E-state index contributed by atoms with van der Waals surface area (Å²) in [4.78, 5) is 26.4. The highest BCUT2D eigenvalue weighted by molar-refractivity contribution is 7.90. The predicted octanol–water partition coefficient (Wildman–Crippen LogP) is 4.45. The first-order chi connectivity index (χ1) is 20.0. The number of H-pyrrole nitrogens is 1. The van der Waals surface area contributed by atoms with E-state index >= 15 is 4.39 Å². The Labute approximate surface area is 242 Å². The molecule has 0 unspecified atom stereocenters. The van der Waals surface area contributed by atoms with Crippen LogP contribution in [0.3, 0.4) is 0 Å². The number of carbonyl (C=O) groups is 1. The van der Waals surface area contributed by atoms with Crippen molar-refractivity contribution in [3.8, 4) is 11.3 Å². The molecule has 4 N–H and O–H groups in total. The molecule has 222 valence electrons. The van der Waals surface area contributed by atoms with Crippen molar-refractivity contribution >= 4 is 44.0 Å². The van der Waals surface area contributed by atoms with Crippen LogP contribution in [0, 0.1) is 11.6 Å². The first-order valence-electron chi connectivity index (χ1n) is 13.7. The number of carbonyl (C=O) groups excluding carboxylic acids is 1. The predicted molar refractivity (Wildman–Crippen MR) is 158 cm³/mol. The van der Waals surface area contributed by atoms with E-state index in [2.05, 4.69) is 49.6 Å². The second-order valence-corrected chi connectivity index (χ2v) is 12.7. The summed E-state index contributed by atoms with van der Waals surface area (Å²) in [7, 11) is -3.81. The SMILES string of the molecule is CC[C@H](C(=O)Nc1cccc2c(-c3nc(Nc4cccc(S(C)(=O)=O)c4F)ncc3F)c[nH]c12)N1C[C@@H](C)N[C@H](C)C1. The minimum absolute atomic E-state index is 0.0582. The number of hydrogen-bond acceptors (Lipinski definition) is 8. The van der Waals surface area contributed by atoms with Crippen LogP contribution in [0.25, 0.3) is 22.2 Å². The van der Waals surface area contributed by atoms with E-state index in [9.17, 15) is 17.6 Å². The Bertz CT molecular complexity index is 1730. The molecule has 0 spiro atoms. The molecule has 1 amide bonds. The summed E-state index contributed by atoms with van der Waals surface area (Å²) in [5, 5.41) is 9.80. The number of rotatable bonds is 8. The number of anilines is 3. The molecular formula is C29H33F2N7O3S. The maximum absolute atomic E-state index is 15.0. The Hall–Kier alpha value is -3.94. The summed E-state index contributed by atoms with van der Waals surface area (Å²) in [5.41, 5.74) is 1.32. The van der Waals surface area contributed by atoms with Gasteiger partial charge in [0.05, 0.1) is 29.1 Å². The van der Waals surface area contributed by atoms with Crippen LogP contribution in [-0.2, 0) is 14.6 Å². The van der Waals surface area contributed by atoms with E-state index in [1.807, 2.05) is 6.92 Å². The number of aromatic nitrogens is 3. The van der Waals surface area contributed by atoms with Gasteiger partial charge in [-0.3, -0.25) is 9.69 Å². The zero-order valence-electron chi connectivity index (χ0n) is 23.7. The van der Waals surface area contributed by atoms with E-state index in [0.29, 0.717) is 28.6 Å². The molecule has 13 heteroatoms. The molecule has 1 aliphatic rings. The average Bonchev–Trinajstić information content (AvgIpc) is 3.35. The van der Waals surface area contributed by atoms with E-state index in [1.165, 1.54) is 12.1 Å². The van der Waals surface area contributed by atoms with Gasteiger partial charge in [0, 0.05) is 48.6 Å². The van der Waals surface area contributed by atoms with Gasteiger partial charge in [0.2, 0.25) is 11.9 Å². The van der Waals surface area contributed by atoms with E-state index in [-0.39, 0.29) is 41.4 Å². The summed E-state index contributed by atoms with van der Waals surface area (Å²) in [5.74, 6) is -1.95. The van der Waals surface area contributed by atoms with Gasteiger partial charge in [-0.25, -0.2) is 27.2 Å². The summed E-state index contributed by atoms with van der Waals surface area (Å²) in [6.07, 6.45) is 4.09. The second-order valence-electron chi connectivity index (χ2n) is 10.7. The molecular weight excluding hydrogens is 564 g/mol. The molecule has 1 aliphatic heterocycles. The Balaban J connectivity index is 1.43. The lowest BCUT2D eigenvalue weighted by Crippen LogP contribution is -2.59. The van der Waals surface area contributed by atoms with Gasteiger partial charge >= 0.3 is 0 Å². The van der Waals surface area contributed by atoms with Crippen LogP contribution in [0.5, 0.6) is 0 Å². The Morgan fingerprint density at radius 2 is 1.81 bits per heavy atom. The molecule has 3 atom stereocenters. The summed E-state index contributed by atoms with van der Waals surface area (Å²) >= 11 is 0. The Morgan fingerprint density at radius 1 is 1.12 bits per heavy atom. The van der Waals surface area contributed by atoms with Crippen molar-refractivity contribution < 1.29 is 22.0 Å². The number of fused-ring (bicyclic) bond motifs is 1. The number of amides is 1. The van der Waals surface area contributed by atoms with E-state index in [1.54, 1.807) is 24.4 Å². The number of nitrogens with zero attached hydrogens (tertiary/aromatic N) is 3. The third-order valence-electron chi connectivity index (χ3n) is 7.30. The molecule has 42 heavy (non-hydrogen) atoms. The lowest BCUT2D eigenvalue weighted by Gasteiger charge is -2.40. The number of nitrogens with one attached hydrogen (secondary N) is 4. The molecule has 1 fully saturated rings. The molecule has 2 aromatic heterocycles. The van der Waals surface area contributed by atoms with Crippen LogP contribution < -0.4 is 16.0 Å². The topological polar surface area (TPSA) is 132 Å². The summed E-state index contributed by atoms with van der Waals surface area (Å²) in [6, 6.07) is 9.42. The van der Waals surface area contributed by atoms with Crippen molar-refractivity contribution in [3.05, 3.63) is 60.4 Å². The van der Waals surface area contributed by atoms with Crippen molar-refractivity contribution in [2.45, 2.75) is 50.2 Å². The number of hydrogen-bond donors (Lipinski definition) is 4. The van der Waals surface area contributed by atoms with Crippen molar-refractivity contribution in [1.29, 1.82) is 0 Å². The number of halogens is 2. The Kier molecular flexibility index (Phi) is 8.26. The zero-order valence-corrected chi connectivity index (χ0v) is 24.5. The quantitative estimate of drug-likeness (QED) is 0.234. The van der Waals surface area contributed by atoms with Gasteiger partial charge in [0.1, 0.15) is 10.6 Å². The van der Waals surface area contributed by atoms with Crippen LogP contribution in [0.2, 0.25) is 0 Å². The summed E-state index contributed by atoms with van der Waals surface area (Å²) < 4.78 is 53.7. The minimum Gasteiger partial charge on any atom is -0.359 e. The second kappa shape index (κ2) is 11.7. The van der Waals surface area contributed by atoms with Gasteiger partial charge in [0.15, 0.2) is 21.5 Å². The molecule has 10 nitrogen and oxygen atoms in total. The average molecular weight is 598 g/mol. The number of aromatic amines is 1. The smallest absolute Gasteiger partial charge is 0.241 e. The highest BCUT2D eigenvalue weighted by Gasteiger charge is 2.30. The highest BCUT2D eigenvalue weighted by Crippen LogP contribution is 2.34. The van der Waals surface area contributed by atoms with Crippen molar-refractivity contribution in [2.24, 2.45) is 0 Å². The van der Waals surface area contributed by atoms with Crippen molar-refractivity contribution in [1.82, 2.24) is 25.2 Å². The molecule has 0 saturated carbocycles. The number of para-hydroxylation sites is 1. The normalized spacial score (nSPS) is 18.6. The van der Waals surface area contributed by atoms with Crippen LogP contribution in [0.1, 0.15) is 27.2 Å². The maximum Gasteiger partial charge on any atom is 0.241 e. The fourth-order valence-electron chi connectivity index (χ4n) is 5.53. The molecule has 4 aromatic rings. The van der Waals surface area contributed by atoms with Crippen molar-refractivity contribution in [3.63, 3.8) is 0 Å². The molecule has 3 heterocycles. The van der Waals surface area contributed by atoms with E-state index < -0.39 is 26.4 Å². The fourth-order valence-corrected chi connectivity index (χ4v) is 6.30. The monoisotopic (exact) mass is 597 g/mol. The van der Waals surface area contributed by atoms with Gasteiger partial charge in [0.25, 0.3) is 0 Å². The van der Waals surface area contributed by atoms with Crippen molar-refractivity contribution in [2.75, 3.05) is 30.0 Å². The molecule has 2 aromatic carbocycles. The number of piperazine rings is 1. The highest BCUT2D eigenvalue weighted by atomic mass is 32.2.